The Kier molecular flexibility index (Phi) is 4.52. The molecule has 0 bridgehead atoms. The first-order valence-electron chi connectivity index (χ1n) is 7.45. The molecule has 6 heteroatoms. The van der Waals surface area contributed by atoms with E-state index in [1.807, 2.05) is 35.7 Å². The van der Waals surface area contributed by atoms with Crippen LogP contribution in [0.3, 0.4) is 0 Å². The van der Waals surface area contributed by atoms with Crippen LogP contribution in [0.2, 0.25) is 0 Å². The fourth-order valence-electron chi connectivity index (χ4n) is 2.83. The Hall–Kier alpha value is -1.37. The number of thiophene rings is 1. The lowest BCUT2D eigenvalue weighted by Gasteiger charge is -2.30. The molecule has 0 aliphatic carbocycles. The van der Waals surface area contributed by atoms with E-state index in [4.69, 9.17) is 5.73 Å². The van der Waals surface area contributed by atoms with Gasteiger partial charge in [-0.25, -0.2) is 8.42 Å². The summed E-state index contributed by atoms with van der Waals surface area (Å²) in [6.45, 7) is 1.06. The quantitative estimate of drug-likeness (QED) is 0.912. The van der Waals surface area contributed by atoms with Gasteiger partial charge < -0.3 is 5.73 Å². The van der Waals surface area contributed by atoms with Crippen LogP contribution >= 0.6 is 11.3 Å². The number of nitrogens with zero attached hydrogens (tertiary/aromatic N) is 1. The fraction of sp³-hybridized carbons (Fsp3) is 0.375. The van der Waals surface area contributed by atoms with Crippen molar-refractivity contribution >= 4 is 27.0 Å². The third-order valence-corrected chi connectivity index (χ3v) is 6.68. The molecule has 4 nitrogen and oxygen atoms in total. The minimum absolute atomic E-state index is 0.158. The highest BCUT2D eigenvalue weighted by atomic mass is 32.2. The molecule has 1 aromatic carbocycles. The summed E-state index contributed by atoms with van der Waals surface area (Å²) in [4.78, 5) is 1.11. The topological polar surface area (TPSA) is 63.4 Å². The highest BCUT2D eigenvalue weighted by molar-refractivity contribution is 7.92. The summed E-state index contributed by atoms with van der Waals surface area (Å²) >= 11 is 1.60. The summed E-state index contributed by atoms with van der Waals surface area (Å²) in [5.41, 5.74) is 8.65. The van der Waals surface area contributed by atoms with Crippen molar-refractivity contribution in [2.24, 2.45) is 5.73 Å². The summed E-state index contributed by atoms with van der Waals surface area (Å²) in [5.74, 6) is 0.158. The maximum absolute atomic E-state index is 12.7. The molecule has 1 aliphatic heterocycles. The number of benzene rings is 1. The Labute approximate surface area is 135 Å². The highest BCUT2D eigenvalue weighted by Gasteiger charge is 2.27. The van der Waals surface area contributed by atoms with Crippen molar-refractivity contribution in [2.75, 3.05) is 16.6 Å². The summed E-state index contributed by atoms with van der Waals surface area (Å²) in [6, 6.07) is 9.80. The molecule has 0 radical (unpaired) electrons. The lowest BCUT2D eigenvalue weighted by atomic mass is 10.0. The summed E-state index contributed by atoms with van der Waals surface area (Å²) in [6.07, 6.45) is 2.35. The van der Waals surface area contributed by atoms with E-state index >= 15 is 0 Å². The van der Waals surface area contributed by atoms with Crippen molar-refractivity contribution in [3.05, 3.63) is 51.7 Å². The van der Waals surface area contributed by atoms with E-state index in [1.165, 1.54) is 0 Å². The molecule has 118 valence electrons. The molecule has 0 unspecified atom stereocenters. The van der Waals surface area contributed by atoms with E-state index in [2.05, 4.69) is 0 Å². The molecule has 0 fully saturated rings. The Morgan fingerprint density at radius 2 is 2.14 bits per heavy atom. The van der Waals surface area contributed by atoms with E-state index in [0.717, 1.165) is 34.5 Å². The van der Waals surface area contributed by atoms with Crippen molar-refractivity contribution < 1.29 is 8.42 Å². The van der Waals surface area contributed by atoms with E-state index in [9.17, 15) is 8.42 Å². The molecule has 0 amide bonds. The number of nitrogens with two attached hydrogens (primary N) is 1. The predicted molar refractivity (Wildman–Crippen MR) is 91.8 cm³/mol. The van der Waals surface area contributed by atoms with Gasteiger partial charge in [-0.1, -0.05) is 18.2 Å². The summed E-state index contributed by atoms with van der Waals surface area (Å²) in [7, 11) is -3.28. The molecule has 2 heterocycles. The lowest BCUT2D eigenvalue weighted by molar-refractivity contribution is 0.586. The maximum Gasteiger partial charge on any atom is 0.235 e. The van der Waals surface area contributed by atoms with Gasteiger partial charge in [0.1, 0.15) is 0 Å². The Morgan fingerprint density at radius 3 is 2.86 bits per heavy atom. The zero-order chi connectivity index (χ0) is 15.6. The van der Waals surface area contributed by atoms with Crippen LogP contribution in [0.25, 0.3) is 0 Å². The minimum atomic E-state index is -3.28. The molecule has 3 rings (SSSR count). The molecule has 1 aliphatic rings. The summed E-state index contributed by atoms with van der Waals surface area (Å²) in [5, 5.41) is 1.98. The van der Waals surface area contributed by atoms with Crippen LogP contribution in [-0.4, -0.2) is 20.7 Å². The normalized spacial score (nSPS) is 14.9. The number of aryl methyl sites for hydroxylation is 2. The first-order chi connectivity index (χ1) is 10.6. The SMILES string of the molecule is NCc1ccc2c(c1)CCCN2S(=O)(=O)CCc1cccs1. The molecular formula is C16H20N2O2S2. The zero-order valence-corrected chi connectivity index (χ0v) is 14.0. The van der Waals surface area contributed by atoms with Crippen molar-refractivity contribution in [2.45, 2.75) is 25.8 Å². The Bertz CT molecular complexity index is 740. The number of sulfonamides is 1. The number of fused-ring (bicyclic) bond motifs is 1. The molecule has 0 saturated heterocycles. The number of hydrogen-bond acceptors (Lipinski definition) is 4. The van der Waals surface area contributed by atoms with Crippen molar-refractivity contribution in [3.8, 4) is 0 Å². The largest absolute Gasteiger partial charge is 0.326 e. The van der Waals surface area contributed by atoms with Gasteiger partial charge in [-0.05, 0) is 47.9 Å². The van der Waals surface area contributed by atoms with Crippen LogP contribution in [0.4, 0.5) is 5.69 Å². The van der Waals surface area contributed by atoms with Gasteiger partial charge in [0, 0.05) is 18.0 Å². The monoisotopic (exact) mass is 336 g/mol. The van der Waals surface area contributed by atoms with E-state index in [1.54, 1.807) is 15.6 Å². The van der Waals surface area contributed by atoms with Gasteiger partial charge >= 0.3 is 0 Å². The standard InChI is InChI=1S/C16H20N2O2S2/c17-12-13-5-6-16-14(11-13)3-1-8-18(16)22(19,20)10-7-15-4-2-9-21-15/h2,4-6,9,11H,1,3,7-8,10,12,17H2. The number of rotatable bonds is 5. The van der Waals surface area contributed by atoms with E-state index in [-0.39, 0.29) is 5.75 Å². The van der Waals surface area contributed by atoms with Gasteiger partial charge in [0.2, 0.25) is 10.0 Å². The first kappa shape index (κ1) is 15.5. The van der Waals surface area contributed by atoms with Crippen LogP contribution in [-0.2, 0) is 29.4 Å². The predicted octanol–water partition coefficient (Wildman–Crippen LogP) is 2.53. The Balaban J connectivity index is 1.83. The Morgan fingerprint density at radius 1 is 1.27 bits per heavy atom. The average molecular weight is 336 g/mol. The van der Waals surface area contributed by atoms with E-state index in [0.29, 0.717) is 19.5 Å². The van der Waals surface area contributed by atoms with Gasteiger partial charge in [0.25, 0.3) is 0 Å². The second-order valence-electron chi connectivity index (χ2n) is 5.49. The smallest absolute Gasteiger partial charge is 0.235 e. The third kappa shape index (κ3) is 3.19. The van der Waals surface area contributed by atoms with E-state index < -0.39 is 10.0 Å². The van der Waals surface area contributed by atoms with Gasteiger partial charge in [0.05, 0.1) is 11.4 Å². The van der Waals surface area contributed by atoms with Crippen molar-refractivity contribution in [1.82, 2.24) is 0 Å². The molecule has 0 saturated carbocycles. The molecule has 0 spiro atoms. The minimum Gasteiger partial charge on any atom is -0.326 e. The van der Waals surface area contributed by atoms with Crippen molar-refractivity contribution in [3.63, 3.8) is 0 Å². The molecule has 1 aromatic heterocycles. The molecule has 0 atom stereocenters. The maximum atomic E-state index is 12.7. The molecular weight excluding hydrogens is 316 g/mol. The van der Waals surface area contributed by atoms with Crippen LogP contribution < -0.4 is 10.0 Å². The van der Waals surface area contributed by atoms with Gasteiger partial charge in [-0.3, -0.25) is 4.31 Å². The van der Waals surface area contributed by atoms with Crippen LogP contribution in [0.1, 0.15) is 22.4 Å². The third-order valence-electron chi connectivity index (χ3n) is 3.98. The zero-order valence-electron chi connectivity index (χ0n) is 12.4. The first-order valence-corrected chi connectivity index (χ1v) is 9.94. The molecule has 2 N–H and O–H groups in total. The highest BCUT2D eigenvalue weighted by Crippen LogP contribution is 2.30. The average Bonchev–Trinajstić information content (AvgIpc) is 3.05. The molecule has 22 heavy (non-hydrogen) atoms. The molecule has 2 aromatic rings. The van der Waals surface area contributed by atoms with Gasteiger partial charge in [-0.2, -0.15) is 0 Å². The van der Waals surface area contributed by atoms with Crippen LogP contribution in [0.15, 0.2) is 35.7 Å². The fourth-order valence-corrected chi connectivity index (χ4v) is 5.25. The van der Waals surface area contributed by atoms with Gasteiger partial charge in [0.15, 0.2) is 0 Å². The van der Waals surface area contributed by atoms with Gasteiger partial charge in [-0.15, -0.1) is 11.3 Å². The van der Waals surface area contributed by atoms with Crippen LogP contribution in [0.5, 0.6) is 0 Å². The van der Waals surface area contributed by atoms with Crippen molar-refractivity contribution in [1.29, 1.82) is 0 Å². The number of anilines is 1. The second kappa shape index (κ2) is 6.40. The second-order valence-corrected chi connectivity index (χ2v) is 8.53. The van der Waals surface area contributed by atoms with Crippen LogP contribution in [0, 0.1) is 0 Å². The summed E-state index contributed by atoms with van der Waals surface area (Å²) < 4.78 is 27.0. The number of hydrogen-bond donors (Lipinski definition) is 1. The lowest BCUT2D eigenvalue weighted by Crippen LogP contribution is -2.37.